The summed E-state index contributed by atoms with van der Waals surface area (Å²) in [4.78, 5) is 10.6. The van der Waals surface area contributed by atoms with Crippen molar-refractivity contribution >= 4 is 5.97 Å². The molecule has 0 amide bonds. The number of nitriles is 1. The number of ether oxygens (including phenoxy) is 2. The summed E-state index contributed by atoms with van der Waals surface area (Å²) in [5, 5.41) is 17.2. The van der Waals surface area contributed by atoms with E-state index in [0.29, 0.717) is 24.5 Å². The molecule has 94 valence electrons. The van der Waals surface area contributed by atoms with E-state index < -0.39 is 5.97 Å². The number of aliphatic carboxylic acids is 1. The second-order valence-electron chi connectivity index (χ2n) is 4.17. The minimum atomic E-state index is -0.755. The summed E-state index contributed by atoms with van der Waals surface area (Å²) in [6.45, 7) is 0.395. The van der Waals surface area contributed by atoms with Crippen LogP contribution in [0.1, 0.15) is 6.42 Å². The maximum absolute atomic E-state index is 10.6. The van der Waals surface area contributed by atoms with Crippen molar-refractivity contribution in [3.8, 4) is 17.6 Å². The molecular weight excluding hydrogens is 234 g/mol. The van der Waals surface area contributed by atoms with Gasteiger partial charge in [-0.25, -0.2) is 0 Å². The molecule has 0 heterocycles. The molecule has 2 rings (SSSR count). The SMILES string of the molecule is N#CCOc1cccc(OC[C@@H]2C[C@H]2C(=O)O)c1. The minimum absolute atomic E-state index is 0.00678. The smallest absolute Gasteiger partial charge is 0.306 e. The van der Waals surface area contributed by atoms with Crippen LogP contribution in [0.15, 0.2) is 24.3 Å². The van der Waals surface area contributed by atoms with Gasteiger partial charge in [-0.1, -0.05) is 6.07 Å². The Morgan fingerprint density at radius 3 is 2.78 bits per heavy atom. The van der Waals surface area contributed by atoms with Crippen molar-refractivity contribution in [2.24, 2.45) is 11.8 Å². The molecule has 1 saturated carbocycles. The first-order chi connectivity index (χ1) is 8.70. The van der Waals surface area contributed by atoms with E-state index in [9.17, 15) is 4.79 Å². The van der Waals surface area contributed by atoms with Crippen molar-refractivity contribution in [1.29, 1.82) is 5.26 Å². The monoisotopic (exact) mass is 247 g/mol. The quantitative estimate of drug-likeness (QED) is 0.827. The highest BCUT2D eigenvalue weighted by atomic mass is 16.5. The number of hydrogen-bond acceptors (Lipinski definition) is 4. The lowest BCUT2D eigenvalue weighted by molar-refractivity contribution is -0.138. The summed E-state index contributed by atoms with van der Waals surface area (Å²) < 4.78 is 10.6. The zero-order valence-corrected chi connectivity index (χ0v) is 9.70. The molecule has 5 nitrogen and oxygen atoms in total. The summed E-state index contributed by atoms with van der Waals surface area (Å²) in [6, 6.07) is 8.86. The molecule has 1 N–H and O–H groups in total. The second-order valence-corrected chi connectivity index (χ2v) is 4.17. The topological polar surface area (TPSA) is 79.5 Å². The lowest BCUT2D eigenvalue weighted by Crippen LogP contribution is -2.06. The molecule has 2 atom stereocenters. The number of carboxylic acids is 1. The van der Waals surface area contributed by atoms with Crippen LogP contribution in [0.4, 0.5) is 0 Å². The lowest BCUT2D eigenvalue weighted by atomic mass is 10.3. The van der Waals surface area contributed by atoms with Crippen LogP contribution in [-0.4, -0.2) is 24.3 Å². The highest BCUT2D eigenvalue weighted by Crippen LogP contribution is 2.39. The van der Waals surface area contributed by atoms with Crippen molar-refractivity contribution in [2.45, 2.75) is 6.42 Å². The molecule has 5 heteroatoms. The van der Waals surface area contributed by atoms with Crippen LogP contribution in [0.3, 0.4) is 0 Å². The molecular formula is C13H13NO4. The minimum Gasteiger partial charge on any atom is -0.493 e. The standard InChI is InChI=1S/C13H13NO4/c14-4-5-17-10-2-1-3-11(7-10)18-8-9-6-12(9)13(15)16/h1-3,7,9,12H,5-6,8H2,(H,15,16)/t9-,12+/m0/s1. The molecule has 0 radical (unpaired) electrons. The van der Waals surface area contributed by atoms with Gasteiger partial charge in [0.05, 0.1) is 12.5 Å². The highest BCUT2D eigenvalue weighted by Gasteiger charge is 2.43. The molecule has 0 bridgehead atoms. The average Bonchev–Trinajstić information content (AvgIpc) is 3.14. The van der Waals surface area contributed by atoms with E-state index >= 15 is 0 Å². The van der Waals surface area contributed by atoms with Crippen molar-refractivity contribution in [3.63, 3.8) is 0 Å². The van der Waals surface area contributed by atoms with Gasteiger partial charge >= 0.3 is 5.97 Å². The zero-order chi connectivity index (χ0) is 13.0. The van der Waals surface area contributed by atoms with E-state index in [1.165, 1.54) is 0 Å². The number of benzene rings is 1. The van der Waals surface area contributed by atoms with Crippen molar-refractivity contribution < 1.29 is 19.4 Å². The average molecular weight is 247 g/mol. The number of carbonyl (C=O) groups is 1. The number of hydrogen-bond donors (Lipinski definition) is 1. The normalized spacial score (nSPS) is 20.8. The predicted octanol–water partition coefficient (Wildman–Crippen LogP) is 1.69. The molecule has 1 fully saturated rings. The van der Waals surface area contributed by atoms with Crippen LogP contribution >= 0.6 is 0 Å². The number of rotatable bonds is 6. The summed E-state index contributed by atoms with van der Waals surface area (Å²) in [5.41, 5.74) is 0. The fraction of sp³-hybridized carbons (Fsp3) is 0.385. The van der Waals surface area contributed by atoms with Gasteiger partial charge in [-0.05, 0) is 18.6 Å². The van der Waals surface area contributed by atoms with Gasteiger partial charge in [0.1, 0.15) is 17.6 Å². The van der Waals surface area contributed by atoms with E-state index in [1.54, 1.807) is 24.3 Å². The van der Waals surface area contributed by atoms with Gasteiger partial charge in [0, 0.05) is 12.0 Å². The van der Waals surface area contributed by atoms with Gasteiger partial charge in [-0.2, -0.15) is 5.26 Å². The maximum atomic E-state index is 10.6. The zero-order valence-electron chi connectivity index (χ0n) is 9.70. The maximum Gasteiger partial charge on any atom is 0.306 e. The van der Waals surface area contributed by atoms with E-state index in [0.717, 1.165) is 0 Å². The van der Waals surface area contributed by atoms with E-state index in [2.05, 4.69) is 0 Å². The van der Waals surface area contributed by atoms with E-state index in [4.69, 9.17) is 19.8 Å². The summed E-state index contributed by atoms with van der Waals surface area (Å²) in [7, 11) is 0. The first-order valence-electron chi connectivity index (χ1n) is 5.66. The summed E-state index contributed by atoms with van der Waals surface area (Å²) in [6.07, 6.45) is 0.681. The third-order valence-corrected chi connectivity index (χ3v) is 2.81. The van der Waals surface area contributed by atoms with Gasteiger partial charge in [0.2, 0.25) is 0 Å². The van der Waals surface area contributed by atoms with Gasteiger partial charge in [0.15, 0.2) is 6.61 Å². The third-order valence-electron chi connectivity index (χ3n) is 2.81. The summed E-state index contributed by atoms with van der Waals surface area (Å²) in [5.74, 6) is 0.282. The van der Waals surface area contributed by atoms with Crippen molar-refractivity contribution in [2.75, 3.05) is 13.2 Å². The molecule has 0 unspecified atom stereocenters. The van der Waals surface area contributed by atoms with Crippen LogP contribution in [0.5, 0.6) is 11.5 Å². The fourth-order valence-corrected chi connectivity index (χ4v) is 1.71. The summed E-state index contributed by atoms with van der Waals surface area (Å²) >= 11 is 0. The van der Waals surface area contributed by atoms with E-state index in [1.807, 2.05) is 6.07 Å². The number of carboxylic acid groups (broad SMARTS) is 1. The van der Waals surface area contributed by atoms with Crippen molar-refractivity contribution in [1.82, 2.24) is 0 Å². The molecule has 0 aliphatic heterocycles. The molecule has 1 aliphatic rings. The Morgan fingerprint density at radius 2 is 2.17 bits per heavy atom. The Morgan fingerprint density at radius 1 is 1.44 bits per heavy atom. The van der Waals surface area contributed by atoms with Gasteiger partial charge in [-0.15, -0.1) is 0 Å². The van der Waals surface area contributed by atoms with Gasteiger partial charge in [-0.3, -0.25) is 4.79 Å². The highest BCUT2D eigenvalue weighted by molar-refractivity contribution is 5.73. The Bertz CT molecular complexity index is 480. The Hall–Kier alpha value is -2.22. The van der Waals surface area contributed by atoms with Gasteiger partial charge in [0.25, 0.3) is 0 Å². The van der Waals surface area contributed by atoms with E-state index in [-0.39, 0.29) is 18.4 Å². The molecule has 1 aliphatic carbocycles. The molecule has 18 heavy (non-hydrogen) atoms. The van der Waals surface area contributed by atoms with Crippen LogP contribution < -0.4 is 9.47 Å². The molecule has 0 spiro atoms. The lowest BCUT2D eigenvalue weighted by Gasteiger charge is -2.07. The molecule has 0 aromatic heterocycles. The second kappa shape index (κ2) is 5.41. The van der Waals surface area contributed by atoms with Crippen molar-refractivity contribution in [3.05, 3.63) is 24.3 Å². The molecule has 1 aromatic rings. The van der Waals surface area contributed by atoms with Crippen LogP contribution in [0.2, 0.25) is 0 Å². The fourth-order valence-electron chi connectivity index (χ4n) is 1.71. The molecule has 1 aromatic carbocycles. The Kier molecular flexibility index (Phi) is 3.68. The third kappa shape index (κ3) is 3.14. The van der Waals surface area contributed by atoms with Crippen LogP contribution in [-0.2, 0) is 4.79 Å². The Balaban J connectivity index is 1.83. The number of nitrogens with zero attached hydrogens (tertiary/aromatic N) is 1. The first kappa shape index (κ1) is 12.2. The molecule has 0 saturated heterocycles. The Labute approximate surface area is 105 Å². The first-order valence-corrected chi connectivity index (χ1v) is 5.66. The van der Waals surface area contributed by atoms with Crippen LogP contribution in [0, 0.1) is 23.2 Å². The largest absolute Gasteiger partial charge is 0.493 e. The van der Waals surface area contributed by atoms with Gasteiger partial charge < -0.3 is 14.6 Å². The predicted molar refractivity (Wildman–Crippen MR) is 62.3 cm³/mol. The van der Waals surface area contributed by atoms with Crippen LogP contribution in [0.25, 0.3) is 0 Å².